The summed E-state index contributed by atoms with van der Waals surface area (Å²) >= 11 is 1.68. The molecule has 7 nitrogen and oxygen atoms in total. The Bertz CT molecular complexity index is 915. The second-order valence-electron chi connectivity index (χ2n) is 6.75. The number of carbonyl (C=O) groups is 1. The van der Waals surface area contributed by atoms with Crippen molar-refractivity contribution < 1.29 is 13.2 Å². The Balaban J connectivity index is 1.67. The van der Waals surface area contributed by atoms with E-state index in [1.54, 1.807) is 30.4 Å². The van der Waals surface area contributed by atoms with Gasteiger partial charge in [-0.15, -0.1) is 11.3 Å². The molecule has 0 spiro atoms. The topological polar surface area (TPSA) is 82.6 Å². The second-order valence-corrected chi connectivity index (χ2v) is 9.78. The van der Waals surface area contributed by atoms with E-state index in [1.165, 1.54) is 0 Å². The van der Waals surface area contributed by atoms with Crippen molar-refractivity contribution in [1.82, 2.24) is 14.8 Å². The summed E-state index contributed by atoms with van der Waals surface area (Å²) in [4.78, 5) is 21.6. The third kappa shape index (κ3) is 5.27. The molecule has 0 radical (unpaired) electrons. The maximum atomic E-state index is 11.4. The summed E-state index contributed by atoms with van der Waals surface area (Å²) in [5, 5.41) is 1.05. The van der Waals surface area contributed by atoms with Gasteiger partial charge < -0.3 is 4.90 Å². The number of nitrogens with zero attached hydrogens (tertiary/aromatic N) is 3. The lowest BCUT2D eigenvalue weighted by Crippen LogP contribution is -2.47. The normalized spacial score (nSPS) is 15.7. The van der Waals surface area contributed by atoms with E-state index >= 15 is 0 Å². The van der Waals surface area contributed by atoms with E-state index in [4.69, 9.17) is 4.98 Å². The zero-order chi connectivity index (χ0) is 19.6. The number of hydrogen-bond donors (Lipinski definition) is 1. The summed E-state index contributed by atoms with van der Waals surface area (Å²) in [5.41, 5.74) is 2.44. The third-order valence-electron chi connectivity index (χ3n) is 4.48. The molecule has 0 atom stereocenters. The van der Waals surface area contributed by atoms with Gasteiger partial charge in [0.25, 0.3) is 0 Å². The van der Waals surface area contributed by atoms with Gasteiger partial charge in [-0.3, -0.25) is 14.4 Å². The number of thiazole rings is 1. The van der Waals surface area contributed by atoms with Gasteiger partial charge in [0.1, 0.15) is 5.01 Å². The Labute approximate surface area is 164 Å². The van der Waals surface area contributed by atoms with E-state index in [0.29, 0.717) is 5.69 Å². The minimum absolute atomic E-state index is 0.135. The van der Waals surface area contributed by atoms with Crippen LogP contribution in [0.2, 0.25) is 0 Å². The number of piperazine rings is 1. The van der Waals surface area contributed by atoms with Crippen molar-refractivity contribution in [3.8, 4) is 11.3 Å². The van der Waals surface area contributed by atoms with Crippen molar-refractivity contribution in [2.45, 2.75) is 20.4 Å². The minimum Gasteiger partial charge on any atom is -0.340 e. The monoisotopic (exact) mass is 408 g/mol. The maximum absolute atomic E-state index is 11.4. The Morgan fingerprint density at radius 2 is 1.81 bits per heavy atom. The van der Waals surface area contributed by atoms with Crippen molar-refractivity contribution in [3.63, 3.8) is 0 Å². The fraction of sp³-hybridized carbons (Fsp3) is 0.444. The van der Waals surface area contributed by atoms with Crippen LogP contribution < -0.4 is 4.72 Å². The van der Waals surface area contributed by atoms with Gasteiger partial charge in [-0.25, -0.2) is 13.4 Å². The molecule has 1 fully saturated rings. The van der Waals surface area contributed by atoms with E-state index < -0.39 is 10.0 Å². The van der Waals surface area contributed by atoms with E-state index in [-0.39, 0.29) is 5.91 Å². The molecule has 0 aliphatic carbocycles. The number of amides is 1. The van der Waals surface area contributed by atoms with E-state index in [0.717, 1.165) is 60.1 Å². The smallest absolute Gasteiger partial charge is 0.229 e. The number of aryl methyl sites for hydroxylation is 1. The predicted molar refractivity (Wildman–Crippen MR) is 108 cm³/mol. The molecule has 0 saturated carbocycles. The van der Waals surface area contributed by atoms with Crippen LogP contribution in [-0.4, -0.2) is 61.5 Å². The second kappa shape index (κ2) is 7.95. The lowest BCUT2D eigenvalue weighted by Gasteiger charge is -2.33. The largest absolute Gasteiger partial charge is 0.340 e. The van der Waals surface area contributed by atoms with Crippen molar-refractivity contribution in [3.05, 3.63) is 34.2 Å². The highest BCUT2D eigenvalue weighted by Gasteiger charge is 2.20. The molecule has 2 aromatic rings. The number of hydrogen-bond acceptors (Lipinski definition) is 6. The molecule has 1 saturated heterocycles. The van der Waals surface area contributed by atoms with Crippen LogP contribution in [0.15, 0.2) is 24.3 Å². The quantitative estimate of drug-likeness (QED) is 0.820. The number of nitrogens with one attached hydrogen (secondary N) is 1. The molecule has 27 heavy (non-hydrogen) atoms. The highest BCUT2D eigenvalue weighted by Crippen LogP contribution is 2.29. The molecule has 146 valence electrons. The van der Waals surface area contributed by atoms with Crippen LogP contribution in [0.4, 0.5) is 5.69 Å². The molecule has 1 aliphatic heterocycles. The van der Waals surface area contributed by atoms with Crippen LogP contribution in [0.5, 0.6) is 0 Å². The van der Waals surface area contributed by atoms with Crippen LogP contribution in [0.3, 0.4) is 0 Å². The number of rotatable bonds is 5. The fourth-order valence-corrected chi connectivity index (χ4v) is 4.67. The maximum Gasteiger partial charge on any atom is 0.229 e. The van der Waals surface area contributed by atoms with E-state index in [1.807, 2.05) is 24.0 Å². The number of anilines is 1. The standard InChI is InChI=1S/C18H24N4O3S2/c1-13-18(15-4-6-16(7-5-15)20-27(3,24)25)19-17(26-13)12-21-8-10-22(11-9-21)14(2)23/h4-7,20H,8-12H2,1-3H3. The Hall–Kier alpha value is -1.97. The number of benzene rings is 1. The first kappa shape index (κ1) is 19.8. The molecule has 3 rings (SSSR count). The predicted octanol–water partition coefficient (Wildman–Crippen LogP) is 2.15. The molecule has 1 aromatic carbocycles. The zero-order valence-electron chi connectivity index (χ0n) is 15.7. The molecule has 1 amide bonds. The number of aromatic nitrogens is 1. The first-order valence-corrected chi connectivity index (χ1v) is 11.4. The van der Waals surface area contributed by atoms with Gasteiger partial charge in [0, 0.05) is 49.2 Å². The highest BCUT2D eigenvalue weighted by atomic mass is 32.2. The summed E-state index contributed by atoms with van der Waals surface area (Å²) in [6, 6.07) is 7.25. The first-order chi connectivity index (χ1) is 12.7. The first-order valence-electron chi connectivity index (χ1n) is 8.73. The summed E-state index contributed by atoms with van der Waals surface area (Å²) in [7, 11) is -3.28. The van der Waals surface area contributed by atoms with Gasteiger partial charge >= 0.3 is 0 Å². The van der Waals surface area contributed by atoms with E-state index in [9.17, 15) is 13.2 Å². The van der Waals surface area contributed by atoms with Gasteiger partial charge in [-0.05, 0) is 19.1 Å². The Kier molecular flexibility index (Phi) is 5.83. The summed E-state index contributed by atoms with van der Waals surface area (Å²) in [6.45, 7) is 7.70. The lowest BCUT2D eigenvalue weighted by atomic mass is 10.1. The van der Waals surface area contributed by atoms with E-state index in [2.05, 4.69) is 9.62 Å². The molecule has 0 bridgehead atoms. The van der Waals surface area contributed by atoms with Gasteiger partial charge in [-0.1, -0.05) is 12.1 Å². The van der Waals surface area contributed by atoms with Crippen LogP contribution in [0.1, 0.15) is 16.8 Å². The van der Waals surface area contributed by atoms with Crippen molar-refractivity contribution in [2.24, 2.45) is 0 Å². The van der Waals surface area contributed by atoms with Crippen molar-refractivity contribution >= 4 is 33.0 Å². The highest BCUT2D eigenvalue weighted by molar-refractivity contribution is 7.92. The van der Waals surface area contributed by atoms with Gasteiger partial charge in [0.2, 0.25) is 15.9 Å². The molecule has 1 N–H and O–H groups in total. The van der Waals surface area contributed by atoms with Crippen LogP contribution in [0.25, 0.3) is 11.3 Å². The number of carbonyl (C=O) groups excluding carboxylic acids is 1. The Morgan fingerprint density at radius 1 is 1.19 bits per heavy atom. The molecule has 1 aliphatic rings. The molecule has 1 aromatic heterocycles. The van der Waals surface area contributed by atoms with Gasteiger partial charge in [0.15, 0.2) is 0 Å². The third-order valence-corrected chi connectivity index (χ3v) is 6.04. The molecular weight excluding hydrogens is 384 g/mol. The van der Waals surface area contributed by atoms with Crippen LogP contribution in [0, 0.1) is 6.92 Å². The van der Waals surface area contributed by atoms with Crippen molar-refractivity contribution in [2.75, 3.05) is 37.2 Å². The molecule has 2 heterocycles. The summed E-state index contributed by atoms with van der Waals surface area (Å²) in [5.74, 6) is 0.135. The minimum atomic E-state index is -3.28. The molecule has 0 unspecified atom stereocenters. The molecular formula is C18H24N4O3S2. The lowest BCUT2D eigenvalue weighted by molar-refractivity contribution is -0.130. The van der Waals surface area contributed by atoms with Crippen LogP contribution >= 0.6 is 11.3 Å². The van der Waals surface area contributed by atoms with Gasteiger partial charge in [0.05, 0.1) is 18.5 Å². The average Bonchev–Trinajstić information content (AvgIpc) is 2.95. The number of sulfonamides is 1. The summed E-state index contributed by atoms with van der Waals surface area (Å²) < 4.78 is 25.1. The average molecular weight is 409 g/mol. The molecule has 9 heteroatoms. The van der Waals surface area contributed by atoms with Gasteiger partial charge in [-0.2, -0.15) is 0 Å². The van der Waals surface area contributed by atoms with Crippen LogP contribution in [-0.2, 0) is 21.4 Å². The SMILES string of the molecule is CC(=O)N1CCN(Cc2nc(-c3ccc(NS(C)(=O)=O)cc3)c(C)s2)CC1. The summed E-state index contributed by atoms with van der Waals surface area (Å²) in [6.07, 6.45) is 1.13. The Morgan fingerprint density at radius 3 is 2.37 bits per heavy atom. The zero-order valence-corrected chi connectivity index (χ0v) is 17.4. The fourth-order valence-electron chi connectivity index (χ4n) is 3.11. The van der Waals surface area contributed by atoms with Crippen molar-refractivity contribution in [1.29, 1.82) is 0 Å².